The number of carbonyl (C=O) groups is 1. The van der Waals surface area contributed by atoms with Crippen molar-refractivity contribution in [3.05, 3.63) is 58.4 Å². The van der Waals surface area contributed by atoms with E-state index in [1.807, 2.05) is 13.8 Å². The van der Waals surface area contributed by atoms with Crippen LogP contribution in [0.25, 0.3) is 0 Å². The third kappa shape index (κ3) is 3.97. The average molecular weight is 340 g/mol. The molecule has 0 saturated heterocycles. The number of carbonyl (C=O) groups excluding carboxylic acids is 1. The van der Waals surface area contributed by atoms with Crippen molar-refractivity contribution in [1.29, 1.82) is 0 Å². The Bertz CT molecular complexity index is 719. The summed E-state index contributed by atoms with van der Waals surface area (Å²) in [6, 6.07) is 2.80. The van der Waals surface area contributed by atoms with E-state index in [4.69, 9.17) is 10.8 Å². The Morgan fingerprint density at radius 3 is 2.54 bits per heavy atom. The topological polar surface area (TPSA) is 75.3 Å². The molecule has 0 atom stereocenters. The minimum Gasteiger partial charge on any atom is -0.402 e. The second-order valence-corrected chi connectivity index (χ2v) is 6.38. The molecule has 0 heterocycles. The van der Waals surface area contributed by atoms with Crippen molar-refractivity contribution in [3.8, 4) is 0 Å². The fraction of sp³-hybridized carbons (Fsp3) is 0.353. The molecule has 0 unspecified atom stereocenters. The van der Waals surface area contributed by atoms with Gasteiger partial charge in [-0.15, -0.1) is 0 Å². The van der Waals surface area contributed by atoms with Crippen LogP contribution < -0.4 is 11.1 Å². The highest BCUT2D eigenvalue weighted by Crippen LogP contribution is 2.32. The van der Waals surface area contributed by atoms with Crippen LogP contribution in [0.4, 0.5) is 13.2 Å². The first-order valence-corrected chi connectivity index (χ1v) is 7.34. The van der Waals surface area contributed by atoms with Crippen molar-refractivity contribution in [1.82, 2.24) is 5.32 Å². The normalized spacial score (nSPS) is 17.1. The van der Waals surface area contributed by atoms with Gasteiger partial charge in [-0.05, 0) is 36.3 Å². The first-order chi connectivity index (χ1) is 11.0. The zero-order valence-corrected chi connectivity index (χ0v) is 13.4. The van der Waals surface area contributed by atoms with Gasteiger partial charge in [-0.25, -0.2) is 0 Å². The first kappa shape index (κ1) is 18.1. The molecule has 4 nitrogen and oxygen atoms in total. The predicted octanol–water partition coefficient (Wildman–Crippen LogP) is 3.08. The summed E-state index contributed by atoms with van der Waals surface area (Å²) in [6.07, 6.45) is -0.620. The largest absolute Gasteiger partial charge is 0.416 e. The molecule has 0 fully saturated rings. The SMILES string of the molecule is CC1(C)CC=C(NC(=O)c2cc(CO)cc(C(F)(F)F)c2)C=C1N. The number of nitrogens with two attached hydrogens (primary N) is 1. The van der Waals surface area contributed by atoms with E-state index in [2.05, 4.69) is 5.32 Å². The van der Waals surface area contributed by atoms with Crippen LogP contribution in [0, 0.1) is 5.41 Å². The van der Waals surface area contributed by atoms with Crippen LogP contribution in [0.1, 0.15) is 41.8 Å². The molecule has 2 rings (SSSR count). The van der Waals surface area contributed by atoms with Gasteiger partial charge in [0.25, 0.3) is 5.91 Å². The number of halogens is 3. The van der Waals surface area contributed by atoms with E-state index in [1.54, 1.807) is 12.2 Å². The van der Waals surface area contributed by atoms with Crippen molar-refractivity contribution < 1.29 is 23.1 Å². The van der Waals surface area contributed by atoms with Crippen LogP contribution in [0.15, 0.2) is 41.7 Å². The van der Waals surface area contributed by atoms with Gasteiger partial charge in [-0.2, -0.15) is 13.2 Å². The number of allylic oxidation sites excluding steroid dienone is 3. The lowest BCUT2D eigenvalue weighted by molar-refractivity contribution is -0.137. The molecule has 7 heteroatoms. The van der Waals surface area contributed by atoms with E-state index in [9.17, 15) is 18.0 Å². The lowest BCUT2D eigenvalue weighted by atomic mass is 9.82. The second kappa shape index (κ2) is 6.32. The third-order valence-electron chi connectivity index (χ3n) is 3.95. The summed E-state index contributed by atoms with van der Waals surface area (Å²) < 4.78 is 38.7. The Morgan fingerprint density at radius 2 is 2.00 bits per heavy atom. The molecule has 1 aliphatic rings. The van der Waals surface area contributed by atoms with E-state index in [0.717, 1.165) is 12.1 Å². The minimum atomic E-state index is -4.60. The van der Waals surface area contributed by atoms with Crippen molar-refractivity contribution in [2.75, 3.05) is 0 Å². The zero-order valence-electron chi connectivity index (χ0n) is 13.4. The number of aliphatic hydroxyl groups excluding tert-OH is 1. The number of benzene rings is 1. The van der Waals surface area contributed by atoms with E-state index in [0.29, 0.717) is 17.8 Å². The Morgan fingerprint density at radius 1 is 1.33 bits per heavy atom. The second-order valence-electron chi connectivity index (χ2n) is 6.38. The molecule has 0 spiro atoms. The highest BCUT2D eigenvalue weighted by atomic mass is 19.4. The van der Waals surface area contributed by atoms with Crippen molar-refractivity contribution in [2.45, 2.75) is 33.1 Å². The van der Waals surface area contributed by atoms with Crippen LogP contribution >= 0.6 is 0 Å². The maximum absolute atomic E-state index is 12.9. The number of alkyl halides is 3. The fourth-order valence-corrected chi connectivity index (χ4v) is 2.27. The van der Waals surface area contributed by atoms with Gasteiger partial charge in [-0.1, -0.05) is 19.9 Å². The Hall–Kier alpha value is -2.28. The molecule has 1 aliphatic carbocycles. The van der Waals surface area contributed by atoms with E-state index >= 15 is 0 Å². The smallest absolute Gasteiger partial charge is 0.402 e. The summed E-state index contributed by atoms with van der Waals surface area (Å²) in [5.74, 6) is -0.689. The van der Waals surface area contributed by atoms with E-state index in [-0.39, 0.29) is 16.5 Å². The highest BCUT2D eigenvalue weighted by molar-refractivity contribution is 5.96. The van der Waals surface area contributed by atoms with Gasteiger partial charge in [0.05, 0.1) is 12.2 Å². The Kier molecular flexibility index (Phi) is 4.75. The molecule has 1 aromatic carbocycles. The lowest BCUT2D eigenvalue weighted by Gasteiger charge is -2.28. The van der Waals surface area contributed by atoms with Crippen molar-refractivity contribution >= 4 is 5.91 Å². The maximum atomic E-state index is 12.9. The quantitative estimate of drug-likeness (QED) is 0.791. The van der Waals surface area contributed by atoms with Gasteiger partial charge < -0.3 is 16.2 Å². The van der Waals surface area contributed by atoms with Gasteiger partial charge in [0.2, 0.25) is 0 Å². The van der Waals surface area contributed by atoms with Crippen molar-refractivity contribution in [3.63, 3.8) is 0 Å². The molecule has 0 saturated carbocycles. The van der Waals surface area contributed by atoms with Crippen LogP contribution in [-0.4, -0.2) is 11.0 Å². The summed E-state index contributed by atoms with van der Waals surface area (Å²) in [6.45, 7) is 3.32. The molecule has 24 heavy (non-hydrogen) atoms. The number of nitrogens with one attached hydrogen (secondary N) is 1. The lowest BCUT2D eigenvalue weighted by Crippen LogP contribution is -2.29. The summed E-state index contributed by atoms with van der Waals surface area (Å²) in [7, 11) is 0. The summed E-state index contributed by atoms with van der Waals surface area (Å²) in [5, 5.41) is 11.7. The monoisotopic (exact) mass is 340 g/mol. The Labute approximate surface area is 137 Å². The van der Waals surface area contributed by atoms with E-state index < -0.39 is 24.3 Å². The molecule has 130 valence electrons. The summed E-state index contributed by atoms with van der Waals surface area (Å²) >= 11 is 0. The number of amides is 1. The first-order valence-electron chi connectivity index (χ1n) is 7.34. The predicted molar refractivity (Wildman–Crippen MR) is 83.6 cm³/mol. The molecule has 1 amide bonds. The van der Waals surface area contributed by atoms with Gasteiger partial charge in [-0.3, -0.25) is 4.79 Å². The molecule has 0 radical (unpaired) electrons. The van der Waals surface area contributed by atoms with Crippen LogP contribution in [0.2, 0.25) is 0 Å². The fourth-order valence-electron chi connectivity index (χ4n) is 2.27. The van der Waals surface area contributed by atoms with Crippen LogP contribution in [0.5, 0.6) is 0 Å². The molecule has 0 aromatic heterocycles. The number of hydrogen-bond acceptors (Lipinski definition) is 3. The summed E-state index contributed by atoms with van der Waals surface area (Å²) in [5.41, 5.74) is 5.60. The van der Waals surface area contributed by atoms with Crippen molar-refractivity contribution in [2.24, 2.45) is 11.1 Å². The van der Waals surface area contributed by atoms with Gasteiger partial charge in [0, 0.05) is 22.4 Å². The third-order valence-corrected chi connectivity index (χ3v) is 3.95. The zero-order chi connectivity index (χ0) is 18.1. The van der Waals surface area contributed by atoms with E-state index in [1.165, 1.54) is 6.07 Å². The number of hydrogen-bond donors (Lipinski definition) is 3. The molecular weight excluding hydrogens is 321 g/mol. The number of rotatable bonds is 3. The molecule has 4 N–H and O–H groups in total. The average Bonchev–Trinajstić information content (AvgIpc) is 2.50. The van der Waals surface area contributed by atoms with Crippen LogP contribution in [0.3, 0.4) is 0 Å². The van der Waals surface area contributed by atoms with Gasteiger partial charge in [0.15, 0.2) is 0 Å². The standard InChI is InChI=1S/C17H19F3N2O2/c1-16(2)4-3-13(8-14(16)21)22-15(24)11-5-10(9-23)6-12(7-11)17(18,19)20/h3,5-8,23H,4,9,21H2,1-2H3,(H,22,24). The van der Waals surface area contributed by atoms with Crippen LogP contribution in [-0.2, 0) is 12.8 Å². The number of aliphatic hydroxyl groups is 1. The Balaban J connectivity index is 2.26. The molecule has 0 bridgehead atoms. The molecule has 0 aliphatic heterocycles. The summed E-state index contributed by atoms with van der Waals surface area (Å²) in [4.78, 5) is 12.3. The maximum Gasteiger partial charge on any atom is 0.416 e. The minimum absolute atomic E-state index is 0.0174. The molecule has 1 aromatic rings. The molecular formula is C17H19F3N2O2. The van der Waals surface area contributed by atoms with Gasteiger partial charge in [0.1, 0.15) is 0 Å². The van der Waals surface area contributed by atoms with Gasteiger partial charge >= 0.3 is 6.18 Å². The highest BCUT2D eigenvalue weighted by Gasteiger charge is 2.32.